The Balaban J connectivity index is 1.45. The first-order valence-electron chi connectivity index (χ1n) is 22.9. The standard InChI is InChI=1S/C49H70N8O8S/c1-13-34(41(50-14-2)32(6)63-12)43-36-23-47(7,8)26-64-27-48(25-58)19-16-20-57(53-48)45(60)37(22-40-51-38(24-66-40)33-17-18-39(35(36)21-33)56(43)15-3)52-44(59)42(31(4)5)54(9)46(61)55(10)49(28-62-11)29-65-30-49/h13-14,17-18,21,24-25,31-32,37,42,53H,1,15-16,19-20,22-23,26-30H2,2-12H3,(H,52,59)/b41-34+,50-14?/t32-,37-,42-,48-/m0/s1. The van der Waals surface area contributed by atoms with E-state index in [1.54, 1.807) is 39.4 Å². The summed E-state index contributed by atoms with van der Waals surface area (Å²) in [6.07, 6.45) is 5.81. The number of carbonyl (C=O) groups is 4. The van der Waals surface area contributed by atoms with Crippen LogP contribution in [0.5, 0.6) is 0 Å². The maximum Gasteiger partial charge on any atom is 0.320 e. The topological polar surface area (TPSA) is 169 Å². The molecule has 2 aromatic heterocycles. The molecule has 16 nitrogen and oxygen atoms in total. The van der Waals surface area contributed by atoms with E-state index in [0.29, 0.717) is 57.2 Å². The van der Waals surface area contributed by atoms with Crippen molar-refractivity contribution in [3.05, 3.63) is 58.2 Å². The van der Waals surface area contributed by atoms with Gasteiger partial charge in [0.1, 0.15) is 29.4 Å². The van der Waals surface area contributed by atoms with E-state index in [-0.39, 0.29) is 37.7 Å². The lowest BCUT2D eigenvalue weighted by atomic mass is 9.84. The number of aryl methyl sites for hydroxylation is 1. The number of hydrazine groups is 1. The minimum Gasteiger partial charge on any atom is -0.382 e. The highest BCUT2D eigenvalue weighted by Gasteiger charge is 2.47. The van der Waals surface area contributed by atoms with Gasteiger partial charge >= 0.3 is 6.03 Å². The van der Waals surface area contributed by atoms with E-state index in [2.05, 4.69) is 60.9 Å². The molecule has 2 saturated heterocycles. The first kappa shape index (κ1) is 50.6. The van der Waals surface area contributed by atoms with Gasteiger partial charge in [-0.15, -0.1) is 11.3 Å². The first-order valence-corrected chi connectivity index (χ1v) is 23.8. The van der Waals surface area contributed by atoms with Crippen molar-refractivity contribution in [3.63, 3.8) is 0 Å². The molecule has 4 amide bonds. The van der Waals surface area contributed by atoms with E-state index < -0.39 is 40.4 Å². The number of likely N-dealkylation sites (N-methyl/N-ethyl adjacent to an activating group) is 2. The van der Waals surface area contributed by atoms with Crippen LogP contribution in [0.3, 0.4) is 0 Å². The lowest BCUT2D eigenvalue weighted by Gasteiger charge is -2.49. The van der Waals surface area contributed by atoms with Crippen molar-refractivity contribution in [2.75, 3.05) is 67.9 Å². The number of aldehydes is 1. The van der Waals surface area contributed by atoms with Crippen LogP contribution in [0.4, 0.5) is 4.79 Å². The number of aliphatic imine (C=N–C) groups is 1. The van der Waals surface area contributed by atoms with Crippen LogP contribution < -0.4 is 10.7 Å². The molecule has 5 heterocycles. The number of nitrogens with one attached hydrogen (secondary N) is 2. The van der Waals surface area contributed by atoms with Crippen molar-refractivity contribution in [2.24, 2.45) is 16.3 Å². The third-order valence-corrected chi connectivity index (χ3v) is 14.1. The maximum atomic E-state index is 14.8. The highest BCUT2D eigenvalue weighted by Crippen LogP contribution is 2.40. The molecule has 3 aromatic rings. The number of carbonyl (C=O) groups excluding carboxylic acids is 4. The molecule has 1 aromatic carbocycles. The number of urea groups is 1. The molecule has 0 aliphatic carbocycles. The number of allylic oxidation sites excluding steroid dienone is 2. The lowest BCUT2D eigenvalue weighted by molar-refractivity contribution is -0.149. The van der Waals surface area contributed by atoms with Crippen LogP contribution in [-0.2, 0) is 52.7 Å². The predicted molar refractivity (Wildman–Crippen MR) is 258 cm³/mol. The molecule has 3 aliphatic heterocycles. The number of nitrogens with zero attached hydrogens (tertiary/aromatic N) is 6. The van der Waals surface area contributed by atoms with Crippen LogP contribution in [0.2, 0.25) is 0 Å². The van der Waals surface area contributed by atoms with Gasteiger partial charge in [0.15, 0.2) is 0 Å². The van der Waals surface area contributed by atoms with E-state index in [1.165, 1.54) is 21.2 Å². The Morgan fingerprint density at radius 1 is 1.15 bits per heavy atom. The molecule has 6 rings (SSSR count). The molecule has 0 saturated carbocycles. The highest BCUT2D eigenvalue weighted by atomic mass is 32.1. The van der Waals surface area contributed by atoms with Crippen molar-refractivity contribution >= 4 is 58.2 Å². The zero-order valence-corrected chi connectivity index (χ0v) is 41.5. The molecule has 66 heavy (non-hydrogen) atoms. The molecular weight excluding hydrogens is 861 g/mol. The summed E-state index contributed by atoms with van der Waals surface area (Å²) >= 11 is 1.40. The second kappa shape index (κ2) is 21.0. The molecule has 360 valence electrons. The van der Waals surface area contributed by atoms with Crippen molar-refractivity contribution < 1.29 is 38.1 Å². The summed E-state index contributed by atoms with van der Waals surface area (Å²) in [6, 6.07) is 3.97. The van der Waals surface area contributed by atoms with E-state index >= 15 is 0 Å². The number of hydrogen-bond acceptors (Lipinski definition) is 12. The van der Waals surface area contributed by atoms with Gasteiger partial charge in [-0.1, -0.05) is 46.4 Å². The van der Waals surface area contributed by atoms with Crippen LogP contribution in [0, 0.1) is 11.3 Å². The Bertz CT molecular complexity index is 2330. The quantitative estimate of drug-likeness (QED) is 0.113. The van der Waals surface area contributed by atoms with Crippen molar-refractivity contribution in [3.8, 4) is 11.3 Å². The van der Waals surface area contributed by atoms with Crippen LogP contribution >= 0.6 is 11.3 Å². The fraction of sp³-hybridized carbons (Fsp3) is 0.592. The minimum absolute atomic E-state index is 0.0221. The predicted octanol–water partition coefficient (Wildman–Crippen LogP) is 5.92. The summed E-state index contributed by atoms with van der Waals surface area (Å²) in [5.74, 6) is -1.24. The highest BCUT2D eigenvalue weighted by molar-refractivity contribution is 7.10. The van der Waals surface area contributed by atoms with Crippen LogP contribution in [0.15, 0.2) is 46.9 Å². The molecule has 6 bridgehead atoms. The smallest absolute Gasteiger partial charge is 0.320 e. The summed E-state index contributed by atoms with van der Waals surface area (Å²) in [5.41, 5.74) is 7.38. The van der Waals surface area contributed by atoms with Gasteiger partial charge < -0.3 is 43.4 Å². The van der Waals surface area contributed by atoms with E-state index in [9.17, 15) is 19.2 Å². The second-order valence-electron chi connectivity index (χ2n) is 19.1. The summed E-state index contributed by atoms with van der Waals surface area (Å²) in [5, 5.41) is 8.13. The molecule has 17 heteroatoms. The molecule has 2 N–H and O–H groups in total. The monoisotopic (exact) mass is 931 g/mol. The summed E-state index contributed by atoms with van der Waals surface area (Å²) in [7, 11) is 6.53. The Kier molecular flexibility index (Phi) is 16.1. The van der Waals surface area contributed by atoms with Crippen molar-refractivity contribution in [1.29, 1.82) is 0 Å². The number of rotatable bonds is 14. The first-order chi connectivity index (χ1) is 31.4. The number of ether oxygens (including phenoxy) is 4. The van der Waals surface area contributed by atoms with Gasteiger partial charge in [-0.05, 0) is 69.1 Å². The third-order valence-electron chi connectivity index (χ3n) is 13.2. The molecule has 3 aliphatic rings. The van der Waals surface area contributed by atoms with E-state index in [4.69, 9.17) is 28.9 Å². The molecule has 0 spiro atoms. The van der Waals surface area contributed by atoms with Gasteiger partial charge in [0.05, 0.1) is 61.2 Å². The van der Waals surface area contributed by atoms with Gasteiger partial charge in [-0.3, -0.25) is 19.6 Å². The molecule has 0 radical (unpaired) electrons. The molecule has 2 fully saturated rings. The fourth-order valence-electron chi connectivity index (χ4n) is 9.55. The van der Waals surface area contributed by atoms with Crippen LogP contribution in [0.1, 0.15) is 77.6 Å². The average molecular weight is 931 g/mol. The Hall–Kier alpha value is -4.78. The Morgan fingerprint density at radius 2 is 1.88 bits per heavy atom. The summed E-state index contributed by atoms with van der Waals surface area (Å²) < 4.78 is 25.6. The molecule has 4 atom stereocenters. The van der Waals surface area contributed by atoms with Crippen LogP contribution in [0.25, 0.3) is 27.7 Å². The van der Waals surface area contributed by atoms with Crippen molar-refractivity contribution in [1.82, 2.24) is 35.1 Å². The minimum atomic E-state index is -1.19. The average Bonchev–Trinajstić information content (AvgIpc) is 3.87. The number of benzene rings is 1. The number of fused-ring (bicyclic) bond motifs is 6. The van der Waals surface area contributed by atoms with Gasteiger partial charge in [0.2, 0.25) is 5.91 Å². The van der Waals surface area contributed by atoms with Crippen LogP contribution in [-0.4, -0.2) is 152 Å². The Morgan fingerprint density at radius 3 is 2.48 bits per heavy atom. The van der Waals surface area contributed by atoms with Crippen molar-refractivity contribution in [2.45, 2.75) is 110 Å². The zero-order chi connectivity index (χ0) is 48.1. The molecule has 0 unspecified atom stereocenters. The Labute approximate surface area is 393 Å². The number of amides is 4. The maximum absolute atomic E-state index is 14.8. The van der Waals surface area contributed by atoms with E-state index in [1.807, 2.05) is 39.2 Å². The fourth-order valence-corrected chi connectivity index (χ4v) is 10.4. The second-order valence-corrected chi connectivity index (χ2v) is 20.0. The normalized spacial score (nSPS) is 22.3. The number of methoxy groups -OCH3 is 2. The number of thiazole rings is 1. The lowest BCUT2D eigenvalue weighted by Crippen LogP contribution is -2.68. The zero-order valence-electron chi connectivity index (χ0n) is 40.7. The van der Waals surface area contributed by atoms with Gasteiger partial charge in [0.25, 0.3) is 5.91 Å². The third kappa shape index (κ3) is 10.2. The SMILES string of the molecule is C=C/C(=C(\N=CC)[C@H](C)OC)c1c2c3cc(ccc3n1CC)-c1csc(n1)C[C@H](NC(=O)[C@H](C(C)C)N(C)C(=O)N(C)C1(COC)COC1)C(=O)N1CCC[C@](C=O)(COCC(C)(C)C2)N1. The summed E-state index contributed by atoms with van der Waals surface area (Å²) in [4.78, 5) is 69.3. The largest absolute Gasteiger partial charge is 0.382 e. The van der Waals surface area contributed by atoms with Gasteiger partial charge in [0, 0.05) is 81.5 Å². The van der Waals surface area contributed by atoms with E-state index in [0.717, 1.165) is 51.0 Å². The molecular formula is C49H70N8O8S. The van der Waals surface area contributed by atoms with Gasteiger partial charge in [-0.25, -0.2) is 15.2 Å². The number of aromatic nitrogens is 2. The summed E-state index contributed by atoms with van der Waals surface area (Å²) in [6.45, 7) is 20.5. The number of hydrogen-bond donors (Lipinski definition) is 2. The van der Waals surface area contributed by atoms with Gasteiger partial charge in [-0.2, -0.15) is 0 Å².